The van der Waals surface area contributed by atoms with Gasteiger partial charge in [-0.05, 0) is 50.1 Å². The first-order valence-electron chi connectivity index (χ1n) is 9.95. The summed E-state index contributed by atoms with van der Waals surface area (Å²) in [6.45, 7) is 7.98. The SMILES string of the molecule is COCCN(Cc1csc(COc2cccc(C)c2C)n1)C(=O)c1ccc(C)cc1. The molecule has 5 nitrogen and oxygen atoms in total. The number of rotatable bonds is 9. The van der Waals surface area contributed by atoms with Gasteiger partial charge >= 0.3 is 0 Å². The number of thiazole rings is 1. The van der Waals surface area contributed by atoms with Crippen LogP contribution in [-0.4, -0.2) is 36.1 Å². The molecule has 0 fully saturated rings. The van der Waals surface area contributed by atoms with Gasteiger partial charge in [0, 0.05) is 24.6 Å². The minimum Gasteiger partial charge on any atom is -0.486 e. The Morgan fingerprint density at radius 2 is 1.87 bits per heavy atom. The lowest BCUT2D eigenvalue weighted by Crippen LogP contribution is -2.33. The fourth-order valence-electron chi connectivity index (χ4n) is 3.04. The number of carbonyl (C=O) groups excluding carboxylic acids is 1. The van der Waals surface area contributed by atoms with Crippen LogP contribution in [0.1, 0.15) is 37.7 Å². The maximum absolute atomic E-state index is 13.0. The van der Waals surface area contributed by atoms with Gasteiger partial charge in [-0.15, -0.1) is 11.3 Å². The fraction of sp³-hybridized carbons (Fsp3) is 0.333. The number of nitrogens with zero attached hydrogens (tertiary/aromatic N) is 2. The second kappa shape index (κ2) is 10.4. The maximum Gasteiger partial charge on any atom is 0.254 e. The minimum absolute atomic E-state index is 0.0202. The molecule has 6 heteroatoms. The van der Waals surface area contributed by atoms with Crippen LogP contribution < -0.4 is 4.74 Å². The maximum atomic E-state index is 13.0. The first kappa shape index (κ1) is 22.0. The number of aryl methyl sites for hydroxylation is 2. The summed E-state index contributed by atoms with van der Waals surface area (Å²) >= 11 is 1.55. The van der Waals surface area contributed by atoms with Crippen molar-refractivity contribution in [3.8, 4) is 5.75 Å². The van der Waals surface area contributed by atoms with E-state index < -0.39 is 0 Å². The van der Waals surface area contributed by atoms with Gasteiger partial charge in [-0.1, -0.05) is 29.8 Å². The van der Waals surface area contributed by atoms with Gasteiger partial charge in [0.25, 0.3) is 5.91 Å². The second-order valence-electron chi connectivity index (χ2n) is 7.30. The molecule has 0 saturated heterocycles. The Morgan fingerprint density at radius 3 is 2.60 bits per heavy atom. The van der Waals surface area contributed by atoms with E-state index in [1.165, 1.54) is 5.56 Å². The van der Waals surface area contributed by atoms with Gasteiger partial charge in [0.15, 0.2) is 0 Å². The molecule has 0 aliphatic carbocycles. The molecule has 1 aromatic heterocycles. The van der Waals surface area contributed by atoms with Crippen LogP contribution in [0.4, 0.5) is 0 Å². The molecular weight excluding hydrogens is 396 g/mol. The Hall–Kier alpha value is -2.70. The largest absolute Gasteiger partial charge is 0.486 e. The molecule has 3 rings (SSSR count). The number of benzene rings is 2. The van der Waals surface area contributed by atoms with Crippen molar-refractivity contribution < 1.29 is 14.3 Å². The molecule has 158 valence electrons. The molecule has 0 aliphatic heterocycles. The first-order chi connectivity index (χ1) is 14.5. The molecular formula is C24H28N2O3S. The van der Waals surface area contributed by atoms with Gasteiger partial charge in [0.2, 0.25) is 0 Å². The van der Waals surface area contributed by atoms with Gasteiger partial charge in [-0.25, -0.2) is 4.98 Å². The summed E-state index contributed by atoms with van der Waals surface area (Å²) in [4.78, 5) is 19.4. The van der Waals surface area contributed by atoms with Crippen LogP contribution in [0, 0.1) is 20.8 Å². The van der Waals surface area contributed by atoms with Crippen molar-refractivity contribution in [2.24, 2.45) is 0 Å². The van der Waals surface area contributed by atoms with Crippen LogP contribution in [-0.2, 0) is 17.9 Å². The highest BCUT2D eigenvalue weighted by Crippen LogP contribution is 2.23. The van der Waals surface area contributed by atoms with Crippen molar-refractivity contribution in [1.82, 2.24) is 9.88 Å². The standard InChI is InChI=1S/C24H28N2O3S/c1-17-8-10-20(11-9-17)24(27)26(12-13-28-4)14-21-16-30-23(25-21)15-29-22-7-5-6-18(2)19(22)3/h5-11,16H,12-15H2,1-4H3. The van der Waals surface area contributed by atoms with Crippen LogP contribution in [0.25, 0.3) is 0 Å². The molecule has 0 atom stereocenters. The average Bonchev–Trinajstić information content (AvgIpc) is 3.19. The third-order valence-electron chi connectivity index (χ3n) is 5.01. The first-order valence-corrected chi connectivity index (χ1v) is 10.8. The highest BCUT2D eigenvalue weighted by molar-refractivity contribution is 7.09. The van der Waals surface area contributed by atoms with Gasteiger partial charge in [-0.3, -0.25) is 4.79 Å². The number of ether oxygens (including phenoxy) is 2. The highest BCUT2D eigenvalue weighted by atomic mass is 32.1. The van der Waals surface area contributed by atoms with Crippen molar-refractivity contribution in [3.63, 3.8) is 0 Å². The molecule has 0 bridgehead atoms. The molecule has 0 spiro atoms. The van der Waals surface area contributed by atoms with Crippen LogP contribution in [0.3, 0.4) is 0 Å². The Morgan fingerprint density at radius 1 is 1.10 bits per heavy atom. The Balaban J connectivity index is 1.66. The van der Waals surface area contributed by atoms with E-state index in [2.05, 4.69) is 24.9 Å². The number of hydrogen-bond acceptors (Lipinski definition) is 5. The van der Waals surface area contributed by atoms with Crippen molar-refractivity contribution >= 4 is 17.2 Å². The minimum atomic E-state index is -0.0202. The fourth-order valence-corrected chi connectivity index (χ4v) is 3.73. The molecule has 0 radical (unpaired) electrons. The predicted octanol–water partition coefficient (Wildman–Crippen LogP) is 4.94. The van der Waals surface area contributed by atoms with E-state index in [0.29, 0.717) is 31.9 Å². The van der Waals surface area contributed by atoms with Crippen molar-refractivity contribution in [2.45, 2.75) is 33.9 Å². The summed E-state index contributed by atoms with van der Waals surface area (Å²) in [5, 5.41) is 2.88. The van der Waals surface area contributed by atoms with E-state index in [1.807, 2.05) is 48.7 Å². The second-order valence-corrected chi connectivity index (χ2v) is 8.25. The molecule has 2 aromatic carbocycles. The van der Waals surface area contributed by atoms with E-state index in [9.17, 15) is 4.79 Å². The summed E-state index contributed by atoms with van der Waals surface area (Å²) in [7, 11) is 1.64. The molecule has 1 amide bonds. The molecule has 30 heavy (non-hydrogen) atoms. The zero-order valence-corrected chi connectivity index (χ0v) is 18.8. The number of methoxy groups -OCH3 is 1. The number of hydrogen-bond donors (Lipinski definition) is 0. The van der Waals surface area contributed by atoms with E-state index in [4.69, 9.17) is 9.47 Å². The average molecular weight is 425 g/mol. The molecule has 0 unspecified atom stereocenters. The van der Waals surface area contributed by atoms with Crippen LogP contribution in [0.2, 0.25) is 0 Å². The van der Waals surface area contributed by atoms with Crippen LogP contribution in [0.15, 0.2) is 47.8 Å². The predicted molar refractivity (Wildman–Crippen MR) is 120 cm³/mol. The summed E-state index contributed by atoms with van der Waals surface area (Å²) in [6.07, 6.45) is 0. The topological polar surface area (TPSA) is 51.7 Å². The Kier molecular flexibility index (Phi) is 7.60. The normalized spacial score (nSPS) is 10.8. The van der Waals surface area contributed by atoms with E-state index in [1.54, 1.807) is 23.3 Å². The molecule has 0 N–H and O–H groups in total. The molecule has 0 aliphatic rings. The Bertz CT molecular complexity index is 982. The van der Waals surface area contributed by atoms with Crippen molar-refractivity contribution in [1.29, 1.82) is 0 Å². The summed E-state index contributed by atoms with van der Waals surface area (Å²) < 4.78 is 11.2. The molecule has 1 heterocycles. The van der Waals surface area contributed by atoms with Gasteiger partial charge in [0.1, 0.15) is 17.4 Å². The smallest absolute Gasteiger partial charge is 0.254 e. The summed E-state index contributed by atoms with van der Waals surface area (Å²) in [6, 6.07) is 13.7. The van der Waals surface area contributed by atoms with E-state index in [0.717, 1.165) is 27.6 Å². The lowest BCUT2D eigenvalue weighted by Gasteiger charge is -2.21. The third-order valence-corrected chi connectivity index (χ3v) is 5.88. The zero-order chi connectivity index (χ0) is 21.5. The third kappa shape index (κ3) is 5.68. The number of amides is 1. The lowest BCUT2D eigenvalue weighted by atomic mass is 10.1. The quantitative estimate of drug-likeness (QED) is 0.488. The van der Waals surface area contributed by atoms with Gasteiger partial charge < -0.3 is 14.4 Å². The number of aromatic nitrogens is 1. The van der Waals surface area contributed by atoms with E-state index in [-0.39, 0.29) is 5.91 Å². The van der Waals surface area contributed by atoms with Crippen LogP contribution in [0.5, 0.6) is 5.75 Å². The zero-order valence-electron chi connectivity index (χ0n) is 18.0. The highest BCUT2D eigenvalue weighted by Gasteiger charge is 2.17. The monoisotopic (exact) mass is 424 g/mol. The molecule has 3 aromatic rings. The summed E-state index contributed by atoms with van der Waals surface area (Å²) in [5.74, 6) is 0.858. The lowest BCUT2D eigenvalue weighted by molar-refractivity contribution is 0.0678. The Labute approximate surface area is 182 Å². The number of carbonyl (C=O) groups is 1. The van der Waals surface area contributed by atoms with Gasteiger partial charge in [-0.2, -0.15) is 0 Å². The van der Waals surface area contributed by atoms with Gasteiger partial charge in [0.05, 0.1) is 18.8 Å². The van der Waals surface area contributed by atoms with Crippen LogP contribution >= 0.6 is 11.3 Å². The molecule has 0 saturated carbocycles. The van der Waals surface area contributed by atoms with E-state index >= 15 is 0 Å². The van der Waals surface area contributed by atoms with Crippen molar-refractivity contribution in [2.75, 3.05) is 20.3 Å². The van der Waals surface area contributed by atoms with Crippen molar-refractivity contribution in [3.05, 3.63) is 80.8 Å². The summed E-state index contributed by atoms with van der Waals surface area (Å²) in [5.41, 5.74) is 5.00.